The fraction of sp³-hybridized carbons (Fsp3) is 0.353. The molecule has 1 aliphatic rings. The summed E-state index contributed by atoms with van der Waals surface area (Å²) in [6.07, 6.45) is 1.85. The van der Waals surface area contributed by atoms with Crippen molar-refractivity contribution in [1.29, 1.82) is 0 Å². The number of likely N-dealkylation sites (tertiary alicyclic amines) is 1. The largest absolute Gasteiger partial charge is 0.384 e. The number of thioether (sulfide) groups is 1. The summed E-state index contributed by atoms with van der Waals surface area (Å²) in [5, 5.41) is 0.455. The Hall–Kier alpha value is -2.08. The van der Waals surface area contributed by atoms with Crippen LogP contribution in [0.25, 0.3) is 0 Å². The number of amides is 1. The Morgan fingerprint density at radius 1 is 1.30 bits per heavy atom. The topological polar surface area (TPSA) is 72.1 Å². The number of anilines is 1. The number of nitrogen functional groups attached to an aromatic ring is 1. The van der Waals surface area contributed by atoms with Crippen LogP contribution in [0.15, 0.2) is 41.6 Å². The van der Waals surface area contributed by atoms with Crippen LogP contribution in [-0.4, -0.2) is 32.6 Å². The number of hydrogen-bond donors (Lipinski definition) is 1. The van der Waals surface area contributed by atoms with Gasteiger partial charge in [-0.25, -0.2) is 9.97 Å². The van der Waals surface area contributed by atoms with Gasteiger partial charge in [0.15, 0.2) is 5.16 Å². The second-order valence-corrected chi connectivity index (χ2v) is 6.88. The van der Waals surface area contributed by atoms with Crippen molar-refractivity contribution in [2.75, 3.05) is 12.3 Å². The molecule has 1 aromatic heterocycles. The first-order valence-corrected chi connectivity index (χ1v) is 8.60. The molecule has 23 heavy (non-hydrogen) atoms. The summed E-state index contributed by atoms with van der Waals surface area (Å²) in [4.78, 5) is 23.3. The number of piperidine rings is 1. The Morgan fingerprint density at radius 3 is 2.83 bits per heavy atom. The van der Waals surface area contributed by atoms with Gasteiger partial charge in [0.05, 0.1) is 5.25 Å². The van der Waals surface area contributed by atoms with Crippen molar-refractivity contribution in [3.63, 3.8) is 0 Å². The zero-order chi connectivity index (χ0) is 16.2. The van der Waals surface area contributed by atoms with E-state index in [0.29, 0.717) is 17.5 Å². The number of nitrogens with zero attached hydrogens (tertiary/aromatic N) is 3. The normalized spacial score (nSPS) is 18.2. The van der Waals surface area contributed by atoms with Gasteiger partial charge in [-0.2, -0.15) is 0 Å². The lowest BCUT2D eigenvalue weighted by atomic mass is 10.1. The zero-order valence-electron chi connectivity index (χ0n) is 13.1. The van der Waals surface area contributed by atoms with Crippen LogP contribution in [0.1, 0.15) is 24.1 Å². The van der Waals surface area contributed by atoms with E-state index in [-0.39, 0.29) is 11.2 Å². The van der Waals surface area contributed by atoms with Gasteiger partial charge in [-0.05, 0) is 25.3 Å². The Morgan fingerprint density at radius 2 is 2.09 bits per heavy atom. The van der Waals surface area contributed by atoms with E-state index in [4.69, 9.17) is 5.73 Å². The zero-order valence-corrected chi connectivity index (χ0v) is 13.9. The van der Waals surface area contributed by atoms with Crippen molar-refractivity contribution in [3.05, 3.63) is 47.7 Å². The minimum atomic E-state index is -0.131. The number of aromatic nitrogens is 2. The van der Waals surface area contributed by atoms with Crippen molar-refractivity contribution in [2.24, 2.45) is 0 Å². The molecule has 1 fully saturated rings. The third-order valence-electron chi connectivity index (χ3n) is 3.80. The maximum atomic E-state index is 12.7. The first-order chi connectivity index (χ1) is 11.1. The van der Waals surface area contributed by atoms with Crippen molar-refractivity contribution < 1.29 is 4.79 Å². The van der Waals surface area contributed by atoms with Gasteiger partial charge in [-0.15, -0.1) is 0 Å². The number of nitrogens with two attached hydrogens (primary N) is 1. The first kappa shape index (κ1) is 15.8. The molecule has 2 aromatic rings. The Labute approximate surface area is 140 Å². The Balaban J connectivity index is 1.69. The summed E-state index contributed by atoms with van der Waals surface area (Å²) in [5.74, 6) is 0.609. The van der Waals surface area contributed by atoms with Crippen LogP contribution in [0.2, 0.25) is 0 Å². The lowest BCUT2D eigenvalue weighted by Crippen LogP contribution is -2.42. The van der Waals surface area contributed by atoms with Crippen LogP contribution in [0.5, 0.6) is 0 Å². The highest BCUT2D eigenvalue weighted by atomic mass is 32.2. The van der Waals surface area contributed by atoms with Gasteiger partial charge in [-0.3, -0.25) is 4.79 Å². The average molecular weight is 328 g/mol. The third kappa shape index (κ3) is 4.01. The van der Waals surface area contributed by atoms with E-state index in [0.717, 1.165) is 30.6 Å². The number of hydrogen-bond acceptors (Lipinski definition) is 5. The molecule has 2 N–H and O–H groups in total. The van der Waals surface area contributed by atoms with Crippen LogP contribution in [-0.2, 0) is 11.3 Å². The van der Waals surface area contributed by atoms with Crippen molar-refractivity contribution in [2.45, 2.75) is 36.7 Å². The van der Waals surface area contributed by atoms with Gasteiger partial charge in [0.2, 0.25) is 5.91 Å². The summed E-state index contributed by atoms with van der Waals surface area (Å²) < 4.78 is 0. The average Bonchev–Trinajstić information content (AvgIpc) is 2.51. The molecular formula is C17H20N4OS. The minimum Gasteiger partial charge on any atom is -0.384 e. The van der Waals surface area contributed by atoms with Gasteiger partial charge in [0.25, 0.3) is 0 Å². The Bertz CT molecular complexity index is 672. The molecule has 0 unspecified atom stereocenters. The summed E-state index contributed by atoms with van der Waals surface area (Å²) in [7, 11) is 0. The van der Waals surface area contributed by atoms with Gasteiger partial charge in [0.1, 0.15) is 5.82 Å². The fourth-order valence-corrected chi connectivity index (χ4v) is 3.86. The summed E-state index contributed by atoms with van der Waals surface area (Å²) >= 11 is 1.42. The molecule has 1 atom stereocenters. The van der Waals surface area contributed by atoms with E-state index in [1.54, 1.807) is 6.07 Å². The quantitative estimate of drug-likeness (QED) is 0.874. The van der Waals surface area contributed by atoms with Gasteiger partial charge >= 0.3 is 0 Å². The first-order valence-electron chi connectivity index (χ1n) is 7.72. The molecule has 0 bridgehead atoms. The van der Waals surface area contributed by atoms with Gasteiger partial charge in [0, 0.05) is 24.8 Å². The molecule has 120 valence electrons. The maximum absolute atomic E-state index is 12.7. The molecule has 0 aliphatic carbocycles. The second kappa shape index (κ2) is 7.00. The van der Waals surface area contributed by atoms with Crippen LogP contribution in [0.4, 0.5) is 5.82 Å². The monoisotopic (exact) mass is 328 g/mol. The third-order valence-corrected chi connectivity index (χ3v) is 4.91. The van der Waals surface area contributed by atoms with Crippen LogP contribution < -0.4 is 5.73 Å². The van der Waals surface area contributed by atoms with E-state index in [1.807, 2.05) is 30.0 Å². The highest BCUT2D eigenvalue weighted by Crippen LogP contribution is 2.29. The van der Waals surface area contributed by atoms with E-state index in [9.17, 15) is 4.79 Å². The molecule has 1 amide bonds. The van der Waals surface area contributed by atoms with Crippen molar-refractivity contribution in [1.82, 2.24) is 14.9 Å². The standard InChI is InChI=1S/C17H20N4OS/c1-12-10-15(18)20-17(19-12)23-14-8-5-9-21(16(14)22)11-13-6-3-2-4-7-13/h2-4,6-7,10,14H,5,8-9,11H2,1H3,(H2,18,19,20)/t14-/m1/s1. The van der Waals surface area contributed by atoms with Gasteiger partial charge < -0.3 is 10.6 Å². The number of aryl methyl sites for hydroxylation is 1. The number of benzene rings is 1. The lowest BCUT2D eigenvalue weighted by molar-refractivity contribution is -0.133. The SMILES string of the molecule is Cc1cc(N)nc(S[C@@H]2CCCN(Cc3ccccc3)C2=O)n1. The predicted molar refractivity (Wildman–Crippen MR) is 91.9 cm³/mol. The van der Waals surface area contributed by atoms with Crippen LogP contribution in [0, 0.1) is 6.92 Å². The highest BCUT2D eigenvalue weighted by Gasteiger charge is 2.30. The molecule has 6 heteroatoms. The Kier molecular flexibility index (Phi) is 4.81. The summed E-state index contributed by atoms with van der Waals surface area (Å²) in [6, 6.07) is 11.8. The summed E-state index contributed by atoms with van der Waals surface area (Å²) in [6.45, 7) is 3.35. The number of carbonyl (C=O) groups is 1. The van der Waals surface area contributed by atoms with E-state index in [1.165, 1.54) is 11.8 Å². The molecule has 3 rings (SSSR count). The number of carbonyl (C=O) groups excluding carboxylic acids is 1. The van der Waals surface area contributed by atoms with Crippen molar-refractivity contribution in [3.8, 4) is 0 Å². The number of rotatable bonds is 4. The smallest absolute Gasteiger partial charge is 0.236 e. The second-order valence-electron chi connectivity index (χ2n) is 5.71. The van der Waals surface area contributed by atoms with E-state index in [2.05, 4.69) is 22.1 Å². The molecule has 0 spiro atoms. The predicted octanol–water partition coefficient (Wildman–Crippen LogP) is 2.65. The summed E-state index contributed by atoms with van der Waals surface area (Å²) in [5.41, 5.74) is 7.75. The van der Waals surface area contributed by atoms with E-state index >= 15 is 0 Å². The minimum absolute atomic E-state index is 0.131. The molecule has 0 radical (unpaired) electrons. The highest BCUT2D eigenvalue weighted by molar-refractivity contribution is 8.00. The van der Waals surface area contributed by atoms with Crippen LogP contribution >= 0.6 is 11.8 Å². The van der Waals surface area contributed by atoms with Crippen molar-refractivity contribution >= 4 is 23.5 Å². The molecule has 1 aromatic carbocycles. The molecule has 1 saturated heterocycles. The molecule has 5 nitrogen and oxygen atoms in total. The van der Waals surface area contributed by atoms with Crippen LogP contribution in [0.3, 0.4) is 0 Å². The molecule has 0 saturated carbocycles. The molecule has 1 aliphatic heterocycles. The molecular weight excluding hydrogens is 308 g/mol. The van der Waals surface area contributed by atoms with E-state index < -0.39 is 0 Å². The fourth-order valence-electron chi connectivity index (χ4n) is 2.72. The lowest BCUT2D eigenvalue weighted by Gasteiger charge is -2.31. The van der Waals surface area contributed by atoms with Gasteiger partial charge in [-0.1, -0.05) is 42.1 Å². The molecule has 2 heterocycles. The maximum Gasteiger partial charge on any atom is 0.236 e.